The first-order valence-electron chi connectivity index (χ1n) is 12.2. The number of rotatable bonds is 11. The first-order valence-corrected chi connectivity index (χ1v) is 12.2. The van der Waals surface area contributed by atoms with Gasteiger partial charge < -0.3 is 15.5 Å². The van der Waals surface area contributed by atoms with Gasteiger partial charge in [0, 0.05) is 52.1 Å². The Morgan fingerprint density at radius 1 is 1.03 bits per heavy atom. The molecule has 1 atom stereocenters. The van der Waals surface area contributed by atoms with Crippen LogP contribution in [0.4, 0.5) is 0 Å². The molecule has 1 heterocycles. The fourth-order valence-electron chi connectivity index (χ4n) is 4.33. The number of amides is 1. The summed E-state index contributed by atoms with van der Waals surface area (Å²) >= 11 is 0. The van der Waals surface area contributed by atoms with Gasteiger partial charge in [-0.15, -0.1) is 24.0 Å². The van der Waals surface area contributed by atoms with E-state index in [9.17, 15) is 4.79 Å². The van der Waals surface area contributed by atoms with Crippen LogP contribution >= 0.6 is 24.0 Å². The van der Waals surface area contributed by atoms with Crippen molar-refractivity contribution in [3.05, 3.63) is 71.3 Å². The number of benzene rings is 2. The number of hydrogen-bond donors (Lipinski definition) is 2. The second kappa shape index (κ2) is 15.0. The number of aliphatic imine (C=N–C) groups is 1. The minimum atomic E-state index is 0. The number of carbonyl (C=O) groups excluding carboxylic acids is 1. The molecular formula is C27H40IN5O. The van der Waals surface area contributed by atoms with E-state index in [0.717, 1.165) is 58.2 Å². The molecule has 0 aliphatic carbocycles. The van der Waals surface area contributed by atoms with Crippen molar-refractivity contribution >= 4 is 35.8 Å². The Kier molecular flexibility index (Phi) is 12.4. The van der Waals surface area contributed by atoms with Crippen molar-refractivity contribution in [2.45, 2.75) is 39.8 Å². The molecule has 1 aliphatic heterocycles. The quantitative estimate of drug-likeness (QED) is 0.242. The monoisotopic (exact) mass is 577 g/mol. The molecule has 1 fully saturated rings. The van der Waals surface area contributed by atoms with E-state index in [0.29, 0.717) is 12.3 Å². The van der Waals surface area contributed by atoms with Crippen molar-refractivity contribution in [1.29, 1.82) is 0 Å². The normalized spacial score (nSPS) is 16.0. The highest BCUT2D eigenvalue weighted by Crippen LogP contribution is 2.18. The Labute approximate surface area is 222 Å². The van der Waals surface area contributed by atoms with Gasteiger partial charge in [-0.05, 0) is 36.2 Å². The standard InChI is InChI=1S/C27H39N5O.HI/c1-4-31(5-2)21-25-14-10-9-13-24(25)19-30-27(28-3)29-18-23-17-26(33)32(20-23)16-15-22-11-7-6-8-12-22;/h6-14,23H,4-5,15-21H2,1-3H3,(H2,28,29,30);1H. The molecular weight excluding hydrogens is 537 g/mol. The third-order valence-electron chi connectivity index (χ3n) is 6.44. The van der Waals surface area contributed by atoms with Crippen LogP contribution in [-0.4, -0.2) is 61.4 Å². The molecule has 0 radical (unpaired) electrons. The van der Waals surface area contributed by atoms with Crippen LogP contribution in [0.1, 0.15) is 37.0 Å². The summed E-state index contributed by atoms with van der Waals surface area (Å²) in [5.74, 6) is 1.34. The van der Waals surface area contributed by atoms with Crippen LogP contribution in [0.25, 0.3) is 0 Å². The fraction of sp³-hybridized carbons (Fsp3) is 0.481. The molecule has 6 nitrogen and oxygen atoms in total. The Morgan fingerprint density at radius 2 is 1.71 bits per heavy atom. The summed E-state index contributed by atoms with van der Waals surface area (Å²) in [6.45, 7) is 10.5. The second-order valence-corrected chi connectivity index (χ2v) is 8.68. The SMILES string of the molecule is CCN(CC)Cc1ccccc1CNC(=NC)NCC1CC(=O)N(CCc2ccccc2)C1.I. The number of nitrogens with one attached hydrogen (secondary N) is 2. The van der Waals surface area contributed by atoms with Gasteiger partial charge in [0.05, 0.1) is 0 Å². The van der Waals surface area contributed by atoms with E-state index in [1.165, 1.54) is 16.7 Å². The summed E-state index contributed by atoms with van der Waals surface area (Å²) in [5, 5.41) is 6.88. The minimum Gasteiger partial charge on any atom is -0.356 e. The molecule has 7 heteroatoms. The van der Waals surface area contributed by atoms with E-state index in [1.54, 1.807) is 7.05 Å². The molecule has 1 aliphatic rings. The molecule has 0 bridgehead atoms. The molecule has 2 aromatic rings. The number of nitrogens with zero attached hydrogens (tertiary/aromatic N) is 3. The highest BCUT2D eigenvalue weighted by atomic mass is 127. The Morgan fingerprint density at radius 3 is 2.38 bits per heavy atom. The number of guanidine groups is 1. The summed E-state index contributed by atoms with van der Waals surface area (Å²) in [7, 11) is 1.79. The maximum Gasteiger partial charge on any atom is 0.223 e. The molecule has 2 N–H and O–H groups in total. The molecule has 186 valence electrons. The van der Waals surface area contributed by atoms with Crippen LogP contribution in [0.5, 0.6) is 0 Å². The average Bonchev–Trinajstić information content (AvgIpc) is 3.21. The maximum absolute atomic E-state index is 12.5. The van der Waals surface area contributed by atoms with Crippen LogP contribution in [0, 0.1) is 5.92 Å². The maximum atomic E-state index is 12.5. The molecule has 0 spiro atoms. The second-order valence-electron chi connectivity index (χ2n) is 8.68. The molecule has 1 saturated heterocycles. The summed E-state index contributed by atoms with van der Waals surface area (Å²) in [5.41, 5.74) is 3.91. The van der Waals surface area contributed by atoms with Crippen LogP contribution in [0.2, 0.25) is 0 Å². The topological polar surface area (TPSA) is 60.0 Å². The summed E-state index contributed by atoms with van der Waals surface area (Å²) in [6.07, 6.45) is 1.51. The van der Waals surface area contributed by atoms with Gasteiger partial charge >= 0.3 is 0 Å². The molecule has 0 aromatic heterocycles. The van der Waals surface area contributed by atoms with Crippen molar-refractivity contribution in [3.63, 3.8) is 0 Å². The van der Waals surface area contributed by atoms with Gasteiger partial charge in [-0.1, -0.05) is 68.4 Å². The number of halogens is 1. The number of hydrogen-bond acceptors (Lipinski definition) is 3. The van der Waals surface area contributed by atoms with Gasteiger partial charge in [-0.25, -0.2) is 0 Å². The molecule has 34 heavy (non-hydrogen) atoms. The van der Waals surface area contributed by atoms with Gasteiger partial charge in [0.15, 0.2) is 5.96 Å². The Hall–Kier alpha value is -2.13. The highest BCUT2D eigenvalue weighted by molar-refractivity contribution is 14.0. The lowest BCUT2D eigenvalue weighted by molar-refractivity contribution is -0.127. The first kappa shape index (κ1) is 28.1. The van der Waals surface area contributed by atoms with Crippen molar-refractivity contribution < 1.29 is 4.79 Å². The van der Waals surface area contributed by atoms with Crippen LogP contribution < -0.4 is 10.6 Å². The Bertz CT molecular complexity index is 901. The van der Waals surface area contributed by atoms with Crippen LogP contribution in [0.3, 0.4) is 0 Å². The van der Waals surface area contributed by atoms with Gasteiger partial charge in [-0.2, -0.15) is 0 Å². The van der Waals surface area contributed by atoms with Gasteiger partial charge in [0.25, 0.3) is 0 Å². The molecule has 2 aromatic carbocycles. The predicted molar refractivity (Wildman–Crippen MR) is 152 cm³/mol. The first-order chi connectivity index (χ1) is 16.1. The summed E-state index contributed by atoms with van der Waals surface area (Å²) < 4.78 is 0. The van der Waals surface area contributed by atoms with E-state index in [2.05, 4.69) is 82.9 Å². The molecule has 3 rings (SSSR count). The van der Waals surface area contributed by atoms with Crippen LogP contribution in [0.15, 0.2) is 59.6 Å². The van der Waals surface area contributed by atoms with Crippen molar-refractivity contribution in [2.75, 3.05) is 39.8 Å². The zero-order valence-corrected chi connectivity index (χ0v) is 23.1. The molecule has 1 amide bonds. The lowest BCUT2D eigenvalue weighted by atomic mass is 10.1. The summed E-state index contributed by atoms with van der Waals surface area (Å²) in [4.78, 5) is 21.3. The van der Waals surface area contributed by atoms with E-state index in [1.807, 2.05) is 11.0 Å². The average molecular weight is 578 g/mol. The number of likely N-dealkylation sites (tertiary alicyclic amines) is 1. The van der Waals surface area contributed by atoms with E-state index in [4.69, 9.17) is 0 Å². The van der Waals surface area contributed by atoms with E-state index >= 15 is 0 Å². The smallest absolute Gasteiger partial charge is 0.223 e. The van der Waals surface area contributed by atoms with E-state index < -0.39 is 0 Å². The van der Waals surface area contributed by atoms with Gasteiger partial charge in [-0.3, -0.25) is 14.7 Å². The van der Waals surface area contributed by atoms with E-state index in [-0.39, 0.29) is 29.9 Å². The zero-order chi connectivity index (χ0) is 23.5. The third kappa shape index (κ3) is 8.58. The lowest BCUT2D eigenvalue weighted by Gasteiger charge is -2.21. The lowest BCUT2D eigenvalue weighted by Crippen LogP contribution is -2.40. The fourth-order valence-corrected chi connectivity index (χ4v) is 4.33. The van der Waals surface area contributed by atoms with Crippen molar-refractivity contribution in [3.8, 4) is 0 Å². The zero-order valence-electron chi connectivity index (χ0n) is 20.8. The predicted octanol–water partition coefficient (Wildman–Crippen LogP) is 3.90. The minimum absolute atomic E-state index is 0. The largest absolute Gasteiger partial charge is 0.356 e. The summed E-state index contributed by atoms with van der Waals surface area (Å²) in [6, 6.07) is 19.0. The van der Waals surface area contributed by atoms with Crippen molar-refractivity contribution in [2.24, 2.45) is 10.9 Å². The molecule has 0 saturated carbocycles. The highest BCUT2D eigenvalue weighted by Gasteiger charge is 2.29. The Balaban J connectivity index is 0.00000408. The van der Waals surface area contributed by atoms with Gasteiger partial charge in [0.2, 0.25) is 5.91 Å². The third-order valence-corrected chi connectivity index (χ3v) is 6.44. The molecule has 1 unspecified atom stereocenters. The van der Waals surface area contributed by atoms with Crippen LogP contribution in [-0.2, 0) is 24.3 Å². The van der Waals surface area contributed by atoms with Gasteiger partial charge in [0.1, 0.15) is 0 Å². The number of carbonyl (C=O) groups is 1. The van der Waals surface area contributed by atoms with Crippen molar-refractivity contribution in [1.82, 2.24) is 20.4 Å².